The molecule has 2 aliphatic heterocycles. The van der Waals surface area contributed by atoms with Crippen LogP contribution in [0, 0.1) is 0 Å². The Morgan fingerprint density at radius 3 is 2.21 bits per heavy atom. The maximum Gasteiger partial charge on any atom is 0.411 e. The zero-order valence-corrected chi connectivity index (χ0v) is 11.3. The molecule has 2 atom stereocenters. The lowest BCUT2D eigenvalue weighted by atomic mass is 10.2. The molecule has 2 aliphatic rings. The van der Waals surface area contributed by atoms with Crippen LogP contribution in [0.5, 0.6) is 0 Å². The van der Waals surface area contributed by atoms with Gasteiger partial charge in [0.2, 0.25) is 0 Å². The molecule has 0 saturated carbocycles. The number of carboxylic acid groups (broad SMARTS) is 1. The molecule has 9 heteroatoms. The minimum Gasteiger partial charge on any atom is -0.465 e. The van der Waals surface area contributed by atoms with Crippen LogP contribution < -0.4 is 0 Å². The van der Waals surface area contributed by atoms with E-state index in [9.17, 15) is 18.0 Å². The van der Waals surface area contributed by atoms with E-state index >= 15 is 0 Å². The maximum absolute atomic E-state index is 11.9. The molecule has 8 nitrogen and oxygen atoms in total. The van der Waals surface area contributed by atoms with Gasteiger partial charge in [0.05, 0.1) is 12.1 Å². The van der Waals surface area contributed by atoms with Crippen LogP contribution in [0.1, 0.15) is 12.8 Å². The number of carbonyl (C=O) groups excluding carboxylic acids is 1. The number of likely N-dealkylation sites (tertiary alicyclic amines) is 1. The zero-order valence-electron chi connectivity index (χ0n) is 10.5. The summed E-state index contributed by atoms with van der Waals surface area (Å²) in [5.41, 5.74) is 0. The number of nitrogens with zero attached hydrogens (tertiary/aromatic N) is 2. The van der Waals surface area contributed by atoms with Gasteiger partial charge < -0.3 is 14.7 Å². The number of carbonyl (C=O) groups is 2. The van der Waals surface area contributed by atoms with Crippen molar-refractivity contribution in [1.82, 2.24) is 9.80 Å². The molecule has 2 amide bonds. The first-order valence-electron chi connectivity index (χ1n) is 5.88. The van der Waals surface area contributed by atoms with E-state index in [1.165, 1.54) is 9.80 Å². The minimum absolute atomic E-state index is 0.220. The Kier molecular flexibility index (Phi) is 3.57. The molecule has 108 valence electrons. The predicted molar refractivity (Wildman–Crippen MR) is 64.4 cm³/mol. The Morgan fingerprint density at radius 1 is 1.26 bits per heavy atom. The summed E-state index contributed by atoms with van der Waals surface area (Å²) >= 11 is 0. The number of hydrogen-bond acceptors (Lipinski definition) is 5. The molecule has 0 radical (unpaired) electrons. The largest absolute Gasteiger partial charge is 0.465 e. The topological polar surface area (TPSA) is 104 Å². The van der Waals surface area contributed by atoms with Crippen molar-refractivity contribution in [3.05, 3.63) is 0 Å². The highest BCUT2D eigenvalue weighted by atomic mass is 32.2. The predicted octanol–water partition coefficient (Wildman–Crippen LogP) is -0.0483. The summed E-state index contributed by atoms with van der Waals surface area (Å²) in [4.78, 5) is 25.5. The molecule has 0 aliphatic carbocycles. The lowest BCUT2D eigenvalue weighted by molar-refractivity contribution is 0.0483. The molecule has 19 heavy (non-hydrogen) atoms. The Morgan fingerprint density at radius 2 is 1.79 bits per heavy atom. The molecule has 0 spiro atoms. The van der Waals surface area contributed by atoms with E-state index in [1.54, 1.807) is 0 Å². The van der Waals surface area contributed by atoms with E-state index in [0.717, 1.165) is 6.26 Å². The number of ether oxygens (including phenoxy) is 1. The van der Waals surface area contributed by atoms with Gasteiger partial charge in [-0.15, -0.1) is 0 Å². The smallest absolute Gasteiger partial charge is 0.411 e. The van der Waals surface area contributed by atoms with Gasteiger partial charge in [-0.2, -0.15) is 0 Å². The number of amides is 2. The first-order valence-corrected chi connectivity index (χ1v) is 7.94. The highest BCUT2D eigenvalue weighted by molar-refractivity contribution is 7.90. The molecule has 0 unspecified atom stereocenters. The van der Waals surface area contributed by atoms with Gasteiger partial charge in [0.1, 0.15) is 0 Å². The summed E-state index contributed by atoms with van der Waals surface area (Å²) in [6, 6.07) is -0.441. The summed E-state index contributed by atoms with van der Waals surface area (Å²) < 4.78 is 26.7. The summed E-state index contributed by atoms with van der Waals surface area (Å²) in [6.07, 6.45) is 0.728. The van der Waals surface area contributed by atoms with Crippen LogP contribution in [-0.2, 0) is 14.6 Å². The van der Waals surface area contributed by atoms with Crippen LogP contribution in [0.2, 0.25) is 0 Å². The third-order valence-electron chi connectivity index (χ3n) is 3.36. The summed E-state index contributed by atoms with van der Waals surface area (Å²) in [5.74, 6) is -0.648. The van der Waals surface area contributed by atoms with E-state index in [2.05, 4.69) is 0 Å². The molecule has 2 rings (SSSR count). The van der Waals surface area contributed by atoms with Crippen molar-refractivity contribution in [3.63, 3.8) is 0 Å². The summed E-state index contributed by atoms with van der Waals surface area (Å²) in [7, 11) is -3.37. The van der Waals surface area contributed by atoms with Gasteiger partial charge in [0.15, 0.2) is 15.8 Å². The maximum atomic E-state index is 11.9. The van der Waals surface area contributed by atoms with Crippen molar-refractivity contribution in [2.24, 2.45) is 0 Å². The zero-order chi connectivity index (χ0) is 14.2. The third-order valence-corrected chi connectivity index (χ3v) is 3.91. The standard InChI is InChI=1S/C10H16N2O6S/c1-19(16,17)6-18-10(15)12-7-2-3-8(12)5-11(4-7)9(13)14/h7-8H,2-6H2,1H3,(H,13,14)/t7-,8-/m0/s1. The fourth-order valence-corrected chi connectivity index (χ4v) is 2.90. The normalized spacial score (nSPS) is 26.4. The number of sulfone groups is 1. The average molecular weight is 292 g/mol. The second-order valence-corrected chi connectivity index (χ2v) is 7.02. The van der Waals surface area contributed by atoms with E-state index < -0.39 is 28.0 Å². The summed E-state index contributed by atoms with van der Waals surface area (Å²) in [6.45, 7) is 0.500. The fourth-order valence-electron chi connectivity index (χ4n) is 2.59. The second kappa shape index (κ2) is 4.87. The molecule has 0 aromatic rings. The quantitative estimate of drug-likeness (QED) is 0.765. The first kappa shape index (κ1) is 13.9. The lowest BCUT2D eigenvalue weighted by Gasteiger charge is -2.38. The Hall–Kier alpha value is -1.51. The average Bonchev–Trinajstić information content (AvgIpc) is 2.55. The molecule has 2 fully saturated rings. The first-order chi connectivity index (χ1) is 8.78. The van der Waals surface area contributed by atoms with Gasteiger partial charge in [-0.25, -0.2) is 18.0 Å². The SMILES string of the molecule is CS(=O)(=O)COC(=O)N1[C@H]2CC[C@H]1CN(C(=O)O)C2. The van der Waals surface area contributed by atoms with Gasteiger partial charge >= 0.3 is 12.2 Å². The van der Waals surface area contributed by atoms with Crippen LogP contribution in [0.3, 0.4) is 0 Å². The van der Waals surface area contributed by atoms with Gasteiger partial charge in [0.25, 0.3) is 0 Å². The molecule has 1 N–H and O–H groups in total. The van der Waals surface area contributed by atoms with E-state index in [4.69, 9.17) is 9.84 Å². The molecule has 0 aromatic carbocycles. The minimum atomic E-state index is -3.37. The van der Waals surface area contributed by atoms with E-state index in [-0.39, 0.29) is 25.2 Å². The molecule has 2 saturated heterocycles. The lowest BCUT2D eigenvalue weighted by Crippen LogP contribution is -2.57. The third kappa shape index (κ3) is 3.09. The van der Waals surface area contributed by atoms with Crippen molar-refractivity contribution in [3.8, 4) is 0 Å². The Labute approximate surface area is 110 Å². The van der Waals surface area contributed by atoms with Crippen LogP contribution in [0.25, 0.3) is 0 Å². The van der Waals surface area contributed by atoms with Gasteiger partial charge in [-0.3, -0.25) is 4.90 Å². The fraction of sp³-hybridized carbons (Fsp3) is 0.800. The van der Waals surface area contributed by atoms with Crippen molar-refractivity contribution in [2.75, 3.05) is 25.3 Å². The van der Waals surface area contributed by atoms with Crippen molar-refractivity contribution in [2.45, 2.75) is 24.9 Å². The van der Waals surface area contributed by atoms with Gasteiger partial charge in [-0.05, 0) is 12.8 Å². The van der Waals surface area contributed by atoms with Crippen molar-refractivity contribution < 1.29 is 27.9 Å². The highest BCUT2D eigenvalue weighted by Crippen LogP contribution is 2.30. The highest BCUT2D eigenvalue weighted by Gasteiger charge is 2.44. The van der Waals surface area contributed by atoms with Gasteiger partial charge in [0, 0.05) is 19.3 Å². The van der Waals surface area contributed by atoms with E-state index in [0.29, 0.717) is 12.8 Å². The van der Waals surface area contributed by atoms with Crippen molar-refractivity contribution in [1.29, 1.82) is 0 Å². The second-order valence-electron chi connectivity index (χ2n) is 4.93. The van der Waals surface area contributed by atoms with Crippen LogP contribution in [0.15, 0.2) is 0 Å². The Balaban J connectivity index is 1.99. The van der Waals surface area contributed by atoms with Gasteiger partial charge in [-0.1, -0.05) is 0 Å². The molecule has 2 heterocycles. The Bertz CT molecular complexity index is 476. The molecular formula is C10H16N2O6S. The summed E-state index contributed by atoms with van der Waals surface area (Å²) in [5, 5.41) is 8.95. The van der Waals surface area contributed by atoms with Crippen LogP contribution in [-0.4, -0.2) is 72.9 Å². The molecular weight excluding hydrogens is 276 g/mol. The monoisotopic (exact) mass is 292 g/mol. The van der Waals surface area contributed by atoms with Crippen LogP contribution in [0.4, 0.5) is 9.59 Å². The number of rotatable bonds is 2. The van der Waals surface area contributed by atoms with Crippen molar-refractivity contribution >= 4 is 22.0 Å². The molecule has 2 bridgehead atoms. The van der Waals surface area contributed by atoms with E-state index in [1.807, 2.05) is 0 Å². The number of fused-ring (bicyclic) bond motifs is 2. The number of hydrogen-bond donors (Lipinski definition) is 1. The molecule has 0 aromatic heterocycles. The van der Waals surface area contributed by atoms with Crippen LogP contribution >= 0.6 is 0 Å². The number of piperazine rings is 1.